The summed E-state index contributed by atoms with van der Waals surface area (Å²) in [6, 6.07) is 0.786. The third-order valence-electron chi connectivity index (χ3n) is 6.60. The van der Waals surface area contributed by atoms with Gasteiger partial charge in [0.25, 0.3) is 0 Å². The van der Waals surface area contributed by atoms with Gasteiger partial charge >= 0.3 is 0 Å². The smallest absolute Gasteiger partial charge is 0.0999 e. The zero-order valence-corrected chi connectivity index (χ0v) is 17.0. The Bertz CT molecular complexity index is 318. The van der Waals surface area contributed by atoms with Crippen LogP contribution in [-0.4, -0.2) is 30.6 Å². The van der Waals surface area contributed by atoms with E-state index in [9.17, 15) is 0 Å². The van der Waals surface area contributed by atoms with Crippen LogP contribution in [0.15, 0.2) is 12.8 Å². The molecule has 1 saturated carbocycles. The summed E-state index contributed by atoms with van der Waals surface area (Å²) in [5.74, 6) is 0.862. The SMILES string of the molecule is C=COCCN(CCC(CC)CC(C)(CC)CC)C1CCCCC1. The number of ether oxygens (including phenoxy) is 1. The van der Waals surface area contributed by atoms with Crippen molar-refractivity contribution in [1.29, 1.82) is 0 Å². The maximum atomic E-state index is 5.43. The Morgan fingerprint density at radius 3 is 2.33 bits per heavy atom. The topological polar surface area (TPSA) is 12.5 Å². The van der Waals surface area contributed by atoms with Crippen molar-refractivity contribution < 1.29 is 4.74 Å². The van der Waals surface area contributed by atoms with Gasteiger partial charge in [0.05, 0.1) is 12.9 Å². The third kappa shape index (κ3) is 7.59. The minimum Gasteiger partial charge on any atom is -0.500 e. The van der Waals surface area contributed by atoms with E-state index < -0.39 is 0 Å². The van der Waals surface area contributed by atoms with Gasteiger partial charge in [-0.05, 0) is 43.6 Å². The molecule has 1 atom stereocenters. The lowest BCUT2D eigenvalue weighted by Gasteiger charge is -2.36. The van der Waals surface area contributed by atoms with Crippen LogP contribution < -0.4 is 0 Å². The lowest BCUT2D eigenvalue weighted by atomic mass is 9.75. The Balaban J connectivity index is 2.54. The fourth-order valence-electron chi connectivity index (χ4n) is 4.21. The molecule has 0 saturated heterocycles. The second kappa shape index (κ2) is 12.0. The summed E-state index contributed by atoms with van der Waals surface area (Å²) in [4.78, 5) is 2.72. The van der Waals surface area contributed by atoms with Gasteiger partial charge in [0.2, 0.25) is 0 Å². The molecule has 0 N–H and O–H groups in total. The lowest BCUT2D eigenvalue weighted by Crippen LogP contribution is -2.40. The summed E-state index contributed by atoms with van der Waals surface area (Å²) >= 11 is 0. The Kier molecular flexibility index (Phi) is 10.7. The van der Waals surface area contributed by atoms with Gasteiger partial charge in [-0.25, -0.2) is 0 Å². The zero-order chi connectivity index (χ0) is 17.8. The molecule has 0 aliphatic heterocycles. The van der Waals surface area contributed by atoms with Gasteiger partial charge in [-0.2, -0.15) is 0 Å². The van der Waals surface area contributed by atoms with Gasteiger partial charge in [0.1, 0.15) is 0 Å². The molecule has 2 heteroatoms. The van der Waals surface area contributed by atoms with Crippen LogP contribution in [0.2, 0.25) is 0 Å². The van der Waals surface area contributed by atoms with Crippen LogP contribution >= 0.6 is 0 Å². The normalized spacial score (nSPS) is 17.9. The van der Waals surface area contributed by atoms with Gasteiger partial charge in [0, 0.05) is 12.6 Å². The molecule has 0 bridgehead atoms. The Labute approximate surface area is 152 Å². The molecule has 1 rings (SSSR count). The van der Waals surface area contributed by atoms with Crippen molar-refractivity contribution in [1.82, 2.24) is 4.90 Å². The molecule has 0 heterocycles. The molecule has 2 nitrogen and oxygen atoms in total. The van der Waals surface area contributed by atoms with E-state index in [2.05, 4.69) is 39.2 Å². The molecule has 1 aliphatic rings. The monoisotopic (exact) mass is 337 g/mol. The molecule has 1 fully saturated rings. The number of rotatable bonds is 13. The first-order valence-electron chi connectivity index (χ1n) is 10.5. The van der Waals surface area contributed by atoms with E-state index >= 15 is 0 Å². The molecule has 0 aromatic heterocycles. The maximum Gasteiger partial charge on any atom is 0.0999 e. The van der Waals surface area contributed by atoms with Crippen LogP contribution in [0.3, 0.4) is 0 Å². The van der Waals surface area contributed by atoms with Crippen molar-refractivity contribution in [2.24, 2.45) is 11.3 Å². The van der Waals surface area contributed by atoms with E-state index in [0.717, 1.165) is 25.1 Å². The molecule has 0 spiro atoms. The van der Waals surface area contributed by atoms with E-state index in [-0.39, 0.29) is 0 Å². The first-order valence-corrected chi connectivity index (χ1v) is 10.5. The molecule has 0 radical (unpaired) electrons. The van der Waals surface area contributed by atoms with Gasteiger partial charge in [-0.1, -0.05) is 72.8 Å². The summed E-state index contributed by atoms with van der Waals surface area (Å²) in [5.41, 5.74) is 0.530. The molecule has 0 aromatic carbocycles. The van der Waals surface area contributed by atoms with Crippen LogP contribution in [0.4, 0.5) is 0 Å². The van der Waals surface area contributed by atoms with E-state index in [1.807, 2.05) is 0 Å². The molecule has 1 unspecified atom stereocenters. The second-order valence-electron chi connectivity index (χ2n) is 8.15. The van der Waals surface area contributed by atoms with Crippen molar-refractivity contribution in [3.63, 3.8) is 0 Å². The first kappa shape index (κ1) is 21.5. The van der Waals surface area contributed by atoms with E-state index in [0.29, 0.717) is 5.41 Å². The second-order valence-corrected chi connectivity index (χ2v) is 8.15. The zero-order valence-electron chi connectivity index (χ0n) is 17.0. The molecule has 24 heavy (non-hydrogen) atoms. The van der Waals surface area contributed by atoms with Crippen molar-refractivity contribution in [3.8, 4) is 0 Å². The molecular weight excluding hydrogens is 294 g/mol. The van der Waals surface area contributed by atoms with Gasteiger partial charge < -0.3 is 4.74 Å². The summed E-state index contributed by atoms with van der Waals surface area (Å²) in [6.45, 7) is 16.3. The highest BCUT2D eigenvalue weighted by Crippen LogP contribution is 2.35. The lowest BCUT2D eigenvalue weighted by molar-refractivity contribution is 0.104. The molecule has 1 aliphatic carbocycles. The van der Waals surface area contributed by atoms with Crippen LogP contribution in [0, 0.1) is 11.3 Å². The average molecular weight is 338 g/mol. The van der Waals surface area contributed by atoms with Crippen molar-refractivity contribution in [3.05, 3.63) is 12.8 Å². The highest BCUT2D eigenvalue weighted by Gasteiger charge is 2.26. The predicted molar refractivity (Wildman–Crippen MR) is 106 cm³/mol. The van der Waals surface area contributed by atoms with Crippen LogP contribution in [0.5, 0.6) is 0 Å². The Hall–Kier alpha value is -0.500. The molecule has 142 valence electrons. The Morgan fingerprint density at radius 2 is 1.79 bits per heavy atom. The minimum absolute atomic E-state index is 0.530. The highest BCUT2D eigenvalue weighted by molar-refractivity contribution is 4.79. The molecule has 0 aromatic rings. The predicted octanol–water partition coefficient (Wildman–Crippen LogP) is 6.41. The van der Waals surface area contributed by atoms with Crippen molar-refractivity contribution in [2.45, 2.75) is 97.9 Å². The summed E-state index contributed by atoms with van der Waals surface area (Å²) in [7, 11) is 0. The molecule has 0 amide bonds. The van der Waals surface area contributed by atoms with E-state index in [1.54, 1.807) is 6.26 Å². The minimum atomic E-state index is 0.530. The quantitative estimate of drug-likeness (QED) is 0.284. The first-order chi connectivity index (χ1) is 11.6. The fourth-order valence-corrected chi connectivity index (χ4v) is 4.21. The fraction of sp³-hybridized carbons (Fsp3) is 0.909. The van der Waals surface area contributed by atoms with Crippen molar-refractivity contribution in [2.75, 3.05) is 19.7 Å². The summed E-state index contributed by atoms with van der Waals surface area (Å²) in [6.07, 6.45) is 15.2. The van der Waals surface area contributed by atoms with Gasteiger partial charge in [-0.3, -0.25) is 4.90 Å². The average Bonchev–Trinajstić information content (AvgIpc) is 2.64. The standard InChI is InChI=1S/C22H43NO/c1-6-20(19-22(5,7-2)8-3)15-16-23(17-18-24-9-4)21-13-11-10-12-14-21/h9,20-21H,4,6-8,10-19H2,1-3,5H3. The van der Waals surface area contributed by atoms with Crippen LogP contribution in [0.25, 0.3) is 0 Å². The van der Waals surface area contributed by atoms with Gasteiger partial charge in [-0.15, -0.1) is 0 Å². The number of nitrogens with zero attached hydrogens (tertiary/aromatic N) is 1. The van der Waals surface area contributed by atoms with Crippen LogP contribution in [-0.2, 0) is 4.74 Å². The van der Waals surface area contributed by atoms with E-state index in [4.69, 9.17) is 4.74 Å². The van der Waals surface area contributed by atoms with E-state index in [1.165, 1.54) is 70.8 Å². The van der Waals surface area contributed by atoms with Gasteiger partial charge in [0.15, 0.2) is 0 Å². The summed E-state index contributed by atoms with van der Waals surface area (Å²) < 4.78 is 5.43. The highest BCUT2D eigenvalue weighted by atomic mass is 16.5. The summed E-state index contributed by atoms with van der Waals surface area (Å²) in [5, 5.41) is 0. The van der Waals surface area contributed by atoms with Crippen LogP contribution in [0.1, 0.15) is 91.9 Å². The maximum absolute atomic E-state index is 5.43. The third-order valence-corrected chi connectivity index (χ3v) is 6.60. The Morgan fingerprint density at radius 1 is 1.12 bits per heavy atom. The van der Waals surface area contributed by atoms with Crippen molar-refractivity contribution >= 4 is 0 Å². The number of hydrogen-bond acceptors (Lipinski definition) is 2. The largest absolute Gasteiger partial charge is 0.500 e. The number of hydrogen-bond donors (Lipinski definition) is 0. The molecular formula is C22H43NO.